The fourth-order valence-electron chi connectivity index (χ4n) is 2.54. The van der Waals surface area contributed by atoms with Crippen LogP contribution in [-0.4, -0.2) is 22.3 Å². The SMILES string of the molecule is Cc1ccccc1Cn1ccc(NC(=O)c2cc(Br)ccc2OC(F)F)n1. The number of hydrogen-bond donors (Lipinski definition) is 1. The Labute approximate surface area is 163 Å². The summed E-state index contributed by atoms with van der Waals surface area (Å²) in [5.74, 6) is -0.477. The van der Waals surface area contributed by atoms with Gasteiger partial charge in [0.2, 0.25) is 0 Å². The maximum absolute atomic E-state index is 12.6. The molecule has 0 aliphatic heterocycles. The Morgan fingerprint density at radius 2 is 2.04 bits per heavy atom. The maximum atomic E-state index is 12.6. The van der Waals surface area contributed by atoms with Crippen LogP contribution < -0.4 is 10.1 Å². The number of alkyl halides is 2. The minimum absolute atomic E-state index is 0.0156. The Morgan fingerprint density at radius 3 is 2.78 bits per heavy atom. The van der Waals surface area contributed by atoms with Gasteiger partial charge < -0.3 is 10.1 Å². The zero-order valence-electron chi connectivity index (χ0n) is 14.3. The summed E-state index contributed by atoms with van der Waals surface area (Å²) >= 11 is 3.22. The lowest BCUT2D eigenvalue weighted by Gasteiger charge is -2.10. The van der Waals surface area contributed by atoms with Crippen molar-refractivity contribution in [1.29, 1.82) is 0 Å². The van der Waals surface area contributed by atoms with Crippen molar-refractivity contribution in [3.8, 4) is 5.75 Å². The van der Waals surface area contributed by atoms with Gasteiger partial charge in [-0.25, -0.2) is 0 Å². The van der Waals surface area contributed by atoms with Crippen LogP contribution >= 0.6 is 15.9 Å². The quantitative estimate of drug-likeness (QED) is 0.601. The largest absolute Gasteiger partial charge is 0.434 e. The van der Waals surface area contributed by atoms with Gasteiger partial charge in [0.25, 0.3) is 5.91 Å². The van der Waals surface area contributed by atoms with Gasteiger partial charge in [0.05, 0.1) is 12.1 Å². The molecule has 0 aliphatic rings. The summed E-state index contributed by atoms with van der Waals surface area (Å²) in [6.45, 7) is -0.454. The van der Waals surface area contributed by atoms with Crippen LogP contribution in [-0.2, 0) is 6.54 Å². The summed E-state index contributed by atoms with van der Waals surface area (Å²) in [6, 6.07) is 13.8. The van der Waals surface area contributed by atoms with Crippen LogP contribution in [0, 0.1) is 6.92 Å². The number of amides is 1. The lowest BCUT2D eigenvalue weighted by molar-refractivity contribution is -0.0501. The van der Waals surface area contributed by atoms with E-state index in [-0.39, 0.29) is 11.3 Å². The minimum Gasteiger partial charge on any atom is -0.434 e. The fourth-order valence-corrected chi connectivity index (χ4v) is 2.90. The molecule has 8 heteroatoms. The van der Waals surface area contributed by atoms with Gasteiger partial charge >= 0.3 is 6.61 Å². The second kappa shape index (κ2) is 8.30. The normalized spacial score (nSPS) is 10.9. The van der Waals surface area contributed by atoms with E-state index in [9.17, 15) is 13.6 Å². The average molecular weight is 436 g/mol. The predicted molar refractivity (Wildman–Crippen MR) is 101 cm³/mol. The van der Waals surface area contributed by atoms with Gasteiger partial charge in [-0.2, -0.15) is 13.9 Å². The van der Waals surface area contributed by atoms with Crippen molar-refractivity contribution in [2.24, 2.45) is 0 Å². The van der Waals surface area contributed by atoms with E-state index in [2.05, 4.69) is 31.1 Å². The molecule has 0 radical (unpaired) electrons. The number of aromatic nitrogens is 2. The third-order valence-electron chi connectivity index (χ3n) is 3.88. The highest BCUT2D eigenvalue weighted by atomic mass is 79.9. The molecular formula is C19H16BrF2N3O2. The molecule has 0 saturated carbocycles. The Balaban J connectivity index is 1.75. The van der Waals surface area contributed by atoms with Crippen molar-refractivity contribution < 1.29 is 18.3 Å². The summed E-state index contributed by atoms with van der Waals surface area (Å²) in [7, 11) is 0. The second-order valence-corrected chi connectivity index (χ2v) is 6.71. The van der Waals surface area contributed by atoms with Crippen LogP contribution in [0.3, 0.4) is 0 Å². The number of nitrogens with zero attached hydrogens (tertiary/aromatic N) is 2. The van der Waals surface area contributed by atoms with E-state index in [1.807, 2.05) is 31.2 Å². The number of hydrogen-bond acceptors (Lipinski definition) is 3. The van der Waals surface area contributed by atoms with Crippen molar-refractivity contribution in [2.45, 2.75) is 20.1 Å². The van der Waals surface area contributed by atoms with Gasteiger partial charge in [-0.15, -0.1) is 0 Å². The third-order valence-corrected chi connectivity index (χ3v) is 4.37. The summed E-state index contributed by atoms with van der Waals surface area (Å²) in [5, 5.41) is 6.91. The molecule has 3 rings (SSSR count). The molecule has 1 N–H and O–H groups in total. The van der Waals surface area contributed by atoms with Gasteiger partial charge in [0.1, 0.15) is 5.75 Å². The molecular weight excluding hydrogens is 420 g/mol. The molecule has 5 nitrogen and oxygen atoms in total. The smallest absolute Gasteiger partial charge is 0.387 e. The van der Waals surface area contributed by atoms with E-state index in [1.165, 1.54) is 18.2 Å². The first-order chi connectivity index (χ1) is 12.9. The third kappa shape index (κ3) is 4.91. The van der Waals surface area contributed by atoms with Crippen LogP contribution in [0.4, 0.5) is 14.6 Å². The minimum atomic E-state index is -3.02. The maximum Gasteiger partial charge on any atom is 0.387 e. The van der Waals surface area contributed by atoms with Crippen LogP contribution in [0.5, 0.6) is 5.75 Å². The van der Waals surface area contributed by atoms with Crippen LogP contribution in [0.1, 0.15) is 21.5 Å². The molecule has 0 bridgehead atoms. The van der Waals surface area contributed by atoms with Crippen LogP contribution in [0.2, 0.25) is 0 Å². The molecule has 0 aliphatic carbocycles. The molecule has 1 amide bonds. The monoisotopic (exact) mass is 435 g/mol. The molecule has 1 aromatic heterocycles. The average Bonchev–Trinajstić information content (AvgIpc) is 3.05. The van der Waals surface area contributed by atoms with Crippen molar-refractivity contribution in [3.63, 3.8) is 0 Å². The van der Waals surface area contributed by atoms with Gasteiger partial charge in [-0.05, 0) is 36.2 Å². The molecule has 0 saturated heterocycles. The van der Waals surface area contributed by atoms with Crippen LogP contribution in [0.25, 0.3) is 0 Å². The summed E-state index contributed by atoms with van der Waals surface area (Å²) in [4.78, 5) is 12.5. The molecule has 2 aromatic carbocycles. The standard InChI is InChI=1S/C19H16BrF2N3O2/c1-12-4-2-3-5-13(12)11-25-9-8-17(24-25)23-18(26)15-10-14(20)6-7-16(15)27-19(21)22/h2-10,19H,11H2,1H3,(H,23,24,26). The topological polar surface area (TPSA) is 56.2 Å². The van der Waals surface area contributed by atoms with Crippen molar-refractivity contribution in [2.75, 3.05) is 5.32 Å². The van der Waals surface area contributed by atoms with Gasteiger partial charge in [0.15, 0.2) is 5.82 Å². The molecule has 0 fully saturated rings. The Kier molecular flexibility index (Phi) is 5.85. The van der Waals surface area contributed by atoms with E-state index in [0.29, 0.717) is 16.8 Å². The fraction of sp³-hybridized carbons (Fsp3) is 0.158. The molecule has 1 heterocycles. The Bertz CT molecular complexity index is 960. The molecule has 0 atom stereocenters. The number of nitrogens with one attached hydrogen (secondary N) is 1. The second-order valence-electron chi connectivity index (χ2n) is 5.80. The highest BCUT2D eigenvalue weighted by Crippen LogP contribution is 2.25. The number of anilines is 1. The van der Waals surface area contributed by atoms with Crippen molar-refractivity contribution in [3.05, 3.63) is 75.9 Å². The number of carbonyl (C=O) groups is 1. The summed E-state index contributed by atoms with van der Waals surface area (Å²) in [5.41, 5.74) is 2.23. The number of halogens is 3. The Morgan fingerprint density at radius 1 is 1.26 bits per heavy atom. The predicted octanol–water partition coefficient (Wildman–Crippen LogP) is 4.86. The van der Waals surface area contributed by atoms with Crippen molar-refractivity contribution >= 4 is 27.7 Å². The number of rotatable bonds is 6. The zero-order valence-corrected chi connectivity index (χ0v) is 15.9. The first-order valence-corrected chi connectivity index (χ1v) is 8.85. The Hall–Kier alpha value is -2.74. The first-order valence-electron chi connectivity index (χ1n) is 8.06. The van der Waals surface area contributed by atoms with Crippen molar-refractivity contribution in [1.82, 2.24) is 9.78 Å². The van der Waals surface area contributed by atoms with E-state index in [4.69, 9.17) is 0 Å². The molecule has 140 valence electrons. The van der Waals surface area contributed by atoms with E-state index < -0.39 is 12.5 Å². The number of carbonyl (C=O) groups excluding carboxylic acids is 1. The number of aryl methyl sites for hydroxylation is 1. The zero-order chi connectivity index (χ0) is 19.4. The van der Waals surface area contributed by atoms with Crippen LogP contribution in [0.15, 0.2) is 59.2 Å². The summed E-state index contributed by atoms with van der Waals surface area (Å²) in [6.07, 6.45) is 1.74. The van der Waals surface area contributed by atoms with Gasteiger partial charge in [0, 0.05) is 16.7 Å². The first kappa shape index (κ1) is 19.0. The van der Waals surface area contributed by atoms with Gasteiger partial charge in [-0.1, -0.05) is 40.2 Å². The highest BCUT2D eigenvalue weighted by molar-refractivity contribution is 9.10. The summed E-state index contributed by atoms with van der Waals surface area (Å²) < 4.78 is 31.8. The lowest BCUT2D eigenvalue weighted by atomic mass is 10.1. The van der Waals surface area contributed by atoms with E-state index in [1.54, 1.807) is 16.9 Å². The molecule has 0 unspecified atom stereocenters. The molecule has 0 spiro atoms. The van der Waals surface area contributed by atoms with E-state index in [0.717, 1.165) is 11.1 Å². The molecule has 3 aromatic rings. The highest BCUT2D eigenvalue weighted by Gasteiger charge is 2.17. The lowest BCUT2D eigenvalue weighted by Crippen LogP contribution is -2.15. The number of benzene rings is 2. The van der Waals surface area contributed by atoms with E-state index >= 15 is 0 Å². The molecule has 27 heavy (non-hydrogen) atoms. The van der Waals surface area contributed by atoms with Gasteiger partial charge in [-0.3, -0.25) is 9.48 Å². The number of ether oxygens (including phenoxy) is 1.